The topological polar surface area (TPSA) is 94.4 Å². The van der Waals surface area contributed by atoms with Crippen molar-refractivity contribution in [2.75, 3.05) is 12.4 Å². The van der Waals surface area contributed by atoms with Gasteiger partial charge in [-0.3, -0.25) is 10.1 Å². The molecule has 0 bridgehead atoms. The molecule has 0 aliphatic heterocycles. The van der Waals surface area contributed by atoms with Gasteiger partial charge in [0.1, 0.15) is 0 Å². The fraction of sp³-hybridized carbons (Fsp3) is 0.231. The Balaban J connectivity index is 2.34. The molecular weight excluding hydrogens is 294 g/mol. The molecule has 0 fully saturated rings. The lowest BCUT2D eigenvalue weighted by molar-refractivity contribution is -0.384. The maximum atomic E-state index is 11.5. The van der Waals surface area contributed by atoms with Crippen LogP contribution in [0.25, 0.3) is 0 Å². The summed E-state index contributed by atoms with van der Waals surface area (Å²) in [5, 5.41) is 15.9. The van der Waals surface area contributed by atoms with Gasteiger partial charge in [-0.05, 0) is 24.4 Å². The monoisotopic (exact) mass is 307 g/mol. The quantitative estimate of drug-likeness (QED) is 0.518. The molecule has 1 unspecified atom stereocenters. The van der Waals surface area contributed by atoms with Crippen LogP contribution in [0.15, 0.2) is 29.6 Å². The highest BCUT2D eigenvalue weighted by atomic mass is 32.1. The maximum absolute atomic E-state index is 11.5. The summed E-state index contributed by atoms with van der Waals surface area (Å²) in [5.74, 6) is -0.597. The van der Waals surface area contributed by atoms with Crippen LogP contribution in [0.1, 0.15) is 28.3 Å². The Hall–Kier alpha value is -2.48. The first-order chi connectivity index (χ1) is 10.0. The summed E-state index contributed by atoms with van der Waals surface area (Å²) in [7, 11) is 1.23. The van der Waals surface area contributed by atoms with Crippen molar-refractivity contribution in [2.45, 2.75) is 13.0 Å². The van der Waals surface area contributed by atoms with Gasteiger partial charge >= 0.3 is 11.7 Å². The zero-order valence-corrected chi connectivity index (χ0v) is 12.2. The van der Waals surface area contributed by atoms with Gasteiger partial charge in [-0.2, -0.15) is 0 Å². The molecule has 0 spiro atoms. The molecule has 0 saturated carbocycles. The number of nitrogens with zero attached hydrogens (tertiary/aromatic N) is 2. The summed E-state index contributed by atoms with van der Waals surface area (Å²) < 4.78 is 4.57. The smallest absolute Gasteiger partial charge is 0.356 e. The lowest BCUT2D eigenvalue weighted by Gasteiger charge is -2.13. The average molecular weight is 307 g/mol. The summed E-state index contributed by atoms with van der Waals surface area (Å²) in [5.41, 5.74) is -0.171. The number of methoxy groups -OCH3 is 1. The van der Waals surface area contributed by atoms with E-state index in [0.717, 1.165) is 4.88 Å². The van der Waals surface area contributed by atoms with Crippen molar-refractivity contribution in [1.82, 2.24) is 4.98 Å². The molecule has 1 N–H and O–H groups in total. The van der Waals surface area contributed by atoms with Crippen molar-refractivity contribution < 1.29 is 14.5 Å². The third-order valence-corrected chi connectivity index (χ3v) is 3.84. The molecule has 0 saturated heterocycles. The number of rotatable bonds is 5. The summed E-state index contributed by atoms with van der Waals surface area (Å²) in [6, 6.07) is 6.15. The normalized spacial score (nSPS) is 11.7. The Bertz CT molecular complexity index is 657. The van der Waals surface area contributed by atoms with Gasteiger partial charge in [-0.15, -0.1) is 11.3 Å². The molecule has 2 aromatic rings. The van der Waals surface area contributed by atoms with Crippen LogP contribution in [-0.4, -0.2) is 23.0 Å². The summed E-state index contributed by atoms with van der Waals surface area (Å²) in [6.45, 7) is 1.86. The predicted octanol–water partition coefficient (Wildman–Crippen LogP) is 3.01. The molecule has 7 nitrogen and oxygen atoms in total. The standard InChI is InChI=1S/C13H13N3O4S/c1-8(11-4-3-7-21-11)14-12-10(16(18)19)6-5-9(15-12)13(17)20-2/h3-8H,1-2H3,(H,14,15). The van der Waals surface area contributed by atoms with Crippen molar-refractivity contribution in [3.8, 4) is 0 Å². The minimum Gasteiger partial charge on any atom is -0.464 e. The fourth-order valence-corrected chi connectivity index (χ4v) is 2.47. The number of nitrogens with one attached hydrogen (secondary N) is 1. The molecule has 2 heterocycles. The van der Waals surface area contributed by atoms with E-state index < -0.39 is 10.9 Å². The van der Waals surface area contributed by atoms with E-state index in [1.54, 1.807) is 0 Å². The molecule has 110 valence electrons. The van der Waals surface area contributed by atoms with Crippen LogP contribution in [-0.2, 0) is 4.74 Å². The highest BCUT2D eigenvalue weighted by Gasteiger charge is 2.21. The predicted molar refractivity (Wildman–Crippen MR) is 78.6 cm³/mol. The Kier molecular flexibility index (Phi) is 4.49. The highest BCUT2D eigenvalue weighted by molar-refractivity contribution is 7.10. The number of esters is 1. The molecule has 2 aromatic heterocycles. The van der Waals surface area contributed by atoms with Gasteiger partial charge in [0, 0.05) is 10.9 Å². The molecule has 0 aromatic carbocycles. The van der Waals surface area contributed by atoms with Gasteiger partial charge < -0.3 is 10.1 Å². The van der Waals surface area contributed by atoms with Crippen molar-refractivity contribution in [3.63, 3.8) is 0 Å². The van der Waals surface area contributed by atoms with E-state index in [-0.39, 0.29) is 23.2 Å². The molecular formula is C13H13N3O4S. The average Bonchev–Trinajstić information content (AvgIpc) is 3.00. The third-order valence-electron chi connectivity index (χ3n) is 2.79. The van der Waals surface area contributed by atoms with Gasteiger partial charge in [0.2, 0.25) is 5.82 Å². The number of carbonyl (C=O) groups is 1. The van der Waals surface area contributed by atoms with Crippen LogP contribution in [0, 0.1) is 10.1 Å². The second-order valence-electron chi connectivity index (χ2n) is 4.19. The van der Waals surface area contributed by atoms with E-state index in [1.807, 2.05) is 24.4 Å². The molecule has 8 heteroatoms. The first-order valence-corrected chi connectivity index (χ1v) is 6.94. The number of hydrogen-bond acceptors (Lipinski definition) is 7. The van der Waals surface area contributed by atoms with E-state index in [0.29, 0.717) is 0 Å². The van der Waals surface area contributed by atoms with Gasteiger partial charge in [0.15, 0.2) is 5.69 Å². The molecule has 2 rings (SSSR count). The number of pyridine rings is 1. The number of thiophene rings is 1. The van der Waals surface area contributed by atoms with Crippen LogP contribution < -0.4 is 5.32 Å². The van der Waals surface area contributed by atoms with Crippen molar-refractivity contribution in [1.29, 1.82) is 0 Å². The molecule has 0 aliphatic carbocycles. The van der Waals surface area contributed by atoms with Crippen LogP contribution >= 0.6 is 11.3 Å². The summed E-state index contributed by atoms with van der Waals surface area (Å²) in [4.78, 5) is 27.0. The van der Waals surface area contributed by atoms with E-state index in [2.05, 4.69) is 15.0 Å². The summed E-state index contributed by atoms with van der Waals surface area (Å²) >= 11 is 1.53. The summed E-state index contributed by atoms with van der Waals surface area (Å²) in [6.07, 6.45) is 0. The zero-order chi connectivity index (χ0) is 15.4. The van der Waals surface area contributed by atoms with Crippen LogP contribution in [0.2, 0.25) is 0 Å². The van der Waals surface area contributed by atoms with Crippen molar-refractivity contribution >= 4 is 28.8 Å². The van der Waals surface area contributed by atoms with Gasteiger partial charge in [0.25, 0.3) is 0 Å². The molecule has 0 amide bonds. The SMILES string of the molecule is COC(=O)c1ccc([N+](=O)[O-])c(NC(C)c2cccs2)n1. The van der Waals surface area contributed by atoms with Gasteiger partial charge in [0.05, 0.1) is 18.1 Å². The zero-order valence-electron chi connectivity index (χ0n) is 11.4. The van der Waals surface area contributed by atoms with Gasteiger partial charge in [-0.1, -0.05) is 6.07 Å². The van der Waals surface area contributed by atoms with Crippen molar-refractivity contribution in [3.05, 3.63) is 50.3 Å². The van der Waals surface area contributed by atoms with E-state index in [9.17, 15) is 14.9 Å². The van der Waals surface area contributed by atoms with Crippen molar-refractivity contribution in [2.24, 2.45) is 0 Å². The Morgan fingerprint density at radius 3 is 2.81 bits per heavy atom. The molecule has 0 aliphatic rings. The third kappa shape index (κ3) is 3.34. The second kappa shape index (κ2) is 6.31. The number of aromatic nitrogens is 1. The van der Waals surface area contributed by atoms with Crippen LogP contribution in [0.3, 0.4) is 0 Å². The Labute approximate surface area is 124 Å². The number of hydrogen-bond donors (Lipinski definition) is 1. The van der Waals surface area contributed by atoms with E-state index in [4.69, 9.17) is 0 Å². The number of carbonyl (C=O) groups excluding carboxylic acids is 1. The molecule has 1 atom stereocenters. The maximum Gasteiger partial charge on any atom is 0.356 e. The number of anilines is 1. The van der Waals surface area contributed by atoms with Gasteiger partial charge in [-0.25, -0.2) is 9.78 Å². The first kappa shape index (κ1) is 14.9. The number of nitro groups is 1. The van der Waals surface area contributed by atoms with E-state index in [1.165, 1.54) is 30.6 Å². The Morgan fingerprint density at radius 1 is 1.48 bits per heavy atom. The molecule has 0 radical (unpaired) electrons. The second-order valence-corrected chi connectivity index (χ2v) is 5.17. The first-order valence-electron chi connectivity index (χ1n) is 6.06. The Morgan fingerprint density at radius 2 is 2.24 bits per heavy atom. The lowest BCUT2D eigenvalue weighted by Crippen LogP contribution is -2.12. The lowest BCUT2D eigenvalue weighted by atomic mass is 10.2. The fourth-order valence-electron chi connectivity index (χ4n) is 1.74. The minimum atomic E-state index is -0.642. The largest absolute Gasteiger partial charge is 0.464 e. The highest BCUT2D eigenvalue weighted by Crippen LogP contribution is 2.28. The van der Waals surface area contributed by atoms with E-state index >= 15 is 0 Å². The minimum absolute atomic E-state index is 0.0176. The van der Waals surface area contributed by atoms with Crippen LogP contribution in [0.5, 0.6) is 0 Å². The van der Waals surface area contributed by atoms with Crippen LogP contribution in [0.4, 0.5) is 11.5 Å². The molecule has 21 heavy (non-hydrogen) atoms. The number of ether oxygens (including phenoxy) is 1.